The van der Waals surface area contributed by atoms with Crippen LogP contribution in [-0.4, -0.2) is 24.3 Å². The number of hydrogen-bond acceptors (Lipinski definition) is 3. The Balaban J connectivity index is 1.34. The lowest BCUT2D eigenvalue weighted by atomic mass is 9.47. The number of rotatable bonds is 9. The molecule has 0 radical (unpaired) electrons. The fourth-order valence-corrected chi connectivity index (χ4v) is 9.47. The molecule has 4 aliphatic rings. The molecule has 8 atom stereocenters. The molecule has 0 saturated heterocycles. The van der Waals surface area contributed by atoms with Crippen LogP contribution in [-0.2, 0) is 14.3 Å². The molecular weight excluding hydrogens is 468 g/mol. The topological polar surface area (TPSA) is 35.5 Å². The smallest absolute Gasteiger partial charge is 0.331 e. The predicted octanol–water partition coefficient (Wildman–Crippen LogP) is 9.31. The van der Waals surface area contributed by atoms with E-state index >= 15 is 0 Å². The molecule has 0 amide bonds. The van der Waals surface area contributed by atoms with Gasteiger partial charge in [0.05, 0.1) is 12.7 Å². The third kappa shape index (κ3) is 6.45. The van der Waals surface area contributed by atoms with Crippen LogP contribution in [0.1, 0.15) is 126 Å². The molecule has 0 bridgehead atoms. The van der Waals surface area contributed by atoms with Crippen molar-refractivity contribution in [2.24, 2.45) is 46.3 Å². The summed E-state index contributed by atoms with van der Waals surface area (Å²) in [7, 11) is 0. The third-order valence-electron chi connectivity index (χ3n) is 11.3. The second-order valence-electron chi connectivity index (χ2n) is 15.4. The highest BCUT2D eigenvalue weighted by atomic mass is 16.6. The maximum Gasteiger partial charge on any atom is 0.331 e. The quantitative estimate of drug-likeness (QED) is 0.171. The molecule has 0 aliphatic heterocycles. The Labute approximate surface area is 234 Å². The van der Waals surface area contributed by atoms with Crippen LogP contribution in [0, 0.1) is 46.3 Å². The number of fused-ring (bicyclic) bond motifs is 5. The first-order valence-corrected chi connectivity index (χ1v) is 16.0. The van der Waals surface area contributed by atoms with E-state index in [1.807, 2.05) is 26.8 Å². The Bertz CT molecular complexity index is 878. The summed E-state index contributed by atoms with van der Waals surface area (Å²) in [5.74, 6) is 5.00. The van der Waals surface area contributed by atoms with E-state index < -0.39 is 5.60 Å². The number of ether oxygens (including phenoxy) is 2. The van der Waals surface area contributed by atoms with Crippen molar-refractivity contribution in [3.8, 4) is 0 Å². The molecule has 0 aromatic carbocycles. The molecule has 216 valence electrons. The molecule has 0 spiro atoms. The van der Waals surface area contributed by atoms with E-state index in [-0.39, 0.29) is 12.1 Å². The van der Waals surface area contributed by atoms with Gasteiger partial charge in [0.1, 0.15) is 5.60 Å². The lowest BCUT2D eigenvalue weighted by molar-refractivity contribution is -0.148. The summed E-state index contributed by atoms with van der Waals surface area (Å²) in [4.78, 5) is 11.9. The molecule has 8 unspecified atom stereocenters. The van der Waals surface area contributed by atoms with Gasteiger partial charge in [0.15, 0.2) is 0 Å². The standard InChI is InChI=1S/C35H58O3/c1-24(2)11-9-12-25(3)29-16-17-30-28-15-14-26-23-27(37-22-10-13-32(36)38-33(4,5)6)18-20-34(26,7)31(28)19-21-35(29,30)8/h10,13-14,24-25,27-31H,9,11-12,15-23H2,1-8H3. The van der Waals surface area contributed by atoms with E-state index in [1.165, 1.54) is 63.9 Å². The normalized spacial score (nSPS) is 37.9. The lowest BCUT2D eigenvalue weighted by Crippen LogP contribution is -2.51. The van der Waals surface area contributed by atoms with Crippen molar-refractivity contribution in [1.82, 2.24) is 0 Å². The van der Waals surface area contributed by atoms with Crippen LogP contribution in [0.15, 0.2) is 23.8 Å². The third-order valence-corrected chi connectivity index (χ3v) is 11.3. The highest BCUT2D eigenvalue weighted by Crippen LogP contribution is 2.67. The first kappa shape index (κ1) is 29.9. The first-order valence-electron chi connectivity index (χ1n) is 16.0. The summed E-state index contributed by atoms with van der Waals surface area (Å²) in [5, 5.41) is 0. The highest BCUT2D eigenvalue weighted by Gasteiger charge is 2.59. The van der Waals surface area contributed by atoms with Gasteiger partial charge in [-0.3, -0.25) is 0 Å². The average molecular weight is 527 g/mol. The minimum absolute atomic E-state index is 0.269. The average Bonchev–Trinajstić information content (AvgIpc) is 3.18. The molecule has 3 fully saturated rings. The fourth-order valence-electron chi connectivity index (χ4n) is 9.47. The fraction of sp³-hybridized carbons (Fsp3) is 0.857. The molecule has 0 aromatic heterocycles. The van der Waals surface area contributed by atoms with Gasteiger partial charge in [-0.1, -0.05) is 71.6 Å². The number of hydrogen-bond donors (Lipinski definition) is 0. The maximum absolute atomic E-state index is 11.9. The van der Waals surface area contributed by atoms with E-state index in [1.54, 1.807) is 5.57 Å². The van der Waals surface area contributed by atoms with Gasteiger partial charge in [0, 0.05) is 6.08 Å². The molecule has 38 heavy (non-hydrogen) atoms. The van der Waals surface area contributed by atoms with Crippen LogP contribution in [0.25, 0.3) is 0 Å². The summed E-state index contributed by atoms with van der Waals surface area (Å²) in [5.41, 5.74) is 2.13. The van der Waals surface area contributed by atoms with Gasteiger partial charge in [-0.25, -0.2) is 4.79 Å². The molecule has 3 nitrogen and oxygen atoms in total. The Morgan fingerprint density at radius 1 is 1.05 bits per heavy atom. The summed E-state index contributed by atoms with van der Waals surface area (Å²) < 4.78 is 11.6. The summed E-state index contributed by atoms with van der Waals surface area (Å²) >= 11 is 0. The highest BCUT2D eigenvalue weighted by molar-refractivity contribution is 5.82. The molecule has 4 rings (SSSR count). The Morgan fingerprint density at radius 3 is 2.53 bits per heavy atom. The lowest BCUT2D eigenvalue weighted by Gasteiger charge is -2.58. The monoisotopic (exact) mass is 526 g/mol. The number of carbonyl (C=O) groups excluding carboxylic acids is 1. The van der Waals surface area contributed by atoms with Crippen LogP contribution in [0.3, 0.4) is 0 Å². The molecule has 0 aromatic rings. The number of allylic oxidation sites excluding steroid dienone is 1. The summed E-state index contributed by atoms with van der Waals surface area (Å²) in [6.45, 7) is 18.8. The van der Waals surface area contributed by atoms with Gasteiger partial charge in [-0.2, -0.15) is 0 Å². The maximum atomic E-state index is 11.9. The zero-order chi connectivity index (χ0) is 27.7. The Kier molecular flexibility index (Phi) is 9.28. The van der Waals surface area contributed by atoms with Gasteiger partial charge < -0.3 is 9.47 Å². The van der Waals surface area contributed by atoms with E-state index in [0.717, 1.165) is 48.3 Å². The summed E-state index contributed by atoms with van der Waals surface area (Å²) in [6, 6.07) is 0. The van der Waals surface area contributed by atoms with Gasteiger partial charge in [0.2, 0.25) is 0 Å². The van der Waals surface area contributed by atoms with Crippen molar-refractivity contribution in [2.75, 3.05) is 6.61 Å². The van der Waals surface area contributed by atoms with Crippen molar-refractivity contribution in [3.63, 3.8) is 0 Å². The van der Waals surface area contributed by atoms with Crippen LogP contribution in [0.5, 0.6) is 0 Å². The minimum atomic E-state index is -0.455. The molecule has 4 aliphatic carbocycles. The van der Waals surface area contributed by atoms with Crippen molar-refractivity contribution in [3.05, 3.63) is 23.8 Å². The van der Waals surface area contributed by atoms with E-state index in [4.69, 9.17) is 9.47 Å². The van der Waals surface area contributed by atoms with E-state index in [0.29, 0.717) is 17.4 Å². The molecule has 0 heterocycles. The predicted molar refractivity (Wildman–Crippen MR) is 158 cm³/mol. The SMILES string of the molecule is CC(C)CCCC(C)C1CCC2C3CC=C4CC(OCC=CC(=O)OC(C)(C)C)CCC4(C)C3CCC12C. The van der Waals surface area contributed by atoms with Crippen LogP contribution >= 0.6 is 0 Å². The van der Waals surface area contributed by atoms with E-state index in [2.05, 4.69) is 40.7 Å². The molecule has 3 saturated carbocycles. The Hall–Kier alpha value is -1.09. The second-order valence-corrected chi connectivity index (χ2v) is 15.4. The molecule has 3 heteroatoms. The van der Waals surface area contributed by atoms with Crippen LogP contribution in [0.2, 0.25) is 0 Å². The molecular formula is C35H58O3. The van der Waals surface area contributed by atoms with Gasteiger partial charge in [-0.15, -0.1) is 0 Å². The largest absolute Gasteiger partial charge is 0.457 e. The van der Waals surface area contributed by atoms with Gasteiger partial charge in [0.25, 0.3) is 0 Å². The van der Waals surface area contributed by atoms with Gasteiger partial charge >= 0.3 is 5.97 Å². The van der Waals surface area contributed by atoms with Crippen molar-refractivity contribution >= 4 is 5.97 Å². The van der Waals surface area contributed by atoms with Crippen LogP contribution < -0.4 is 0 Å². The second kappa shape index (κ2) is 11.8. The zero-order valence-corrected chi connectivity index (χ0v) is 26.0. The van der Waals surface area contributed by atoms with Crippen molar-refractivity contribution in [2.45, 2.75) is 138 Å². The zero-order valence-electron chi connectivity index (χ0n) is 26.0. The van der Waals surface area contributed by atoms with E-state index in [9.17, 15) is 4.79 Å². The van der Waals surface area contributed by atoms with Crippen LogP contribution in [0.4, 0.5) is 0 Å². The Morgan fingerprint density at radius 2 is 1.82 bits per heavy atom. The molecule has 0 N–H and O–H groups in total. The summed E-state index contributed by atoms with van der Waals surface area (Å²) in [6.07, 6.45) is 21.0. The first-order chi connectivity index (χ1) is 17.8. The van der Waals surface area contributed by atoms with Crippen molar-refractivity contribution < 1.29 is 14.3 Å². The minimum Gasteiger partial charge on any atom is -0.457 e. The van der Waals surface area contributed by atoms with Gasteiger partial charge in [-0.05, 0) is 118 Å². The number of carbonyl (C=O) groups is 1. The van der Waals surface area contributed by atoms with Crippen molar-refractivity contribution in [1.29, 1.82) is 0 Å². The number of esters is 1.